The zero-order valence-corrected chi connectivity index (χ0v) is 12.6. The molecule has 112 valence electrons. The molecule has 7 heteroatoms. The Balaban J connectivity index is 2.09. The average Bonchev–Trinajstić information content (AvgIpc) is 2.47. The Morgan fingerprint density at radius 1 is 1.35 bits per heavy atom. The standard InChI is InChI=1S/C13H18FNO3S2/c14-12-2-1-11(9-16)7-13(12)20(17,18)15-8-10-3-5-19-6-4-10/h1-2,7,10,15-16H,3-6,8-9H2. The summed E-state index contributed by atoms with van der Waals surface area (Å²) >= 11 is 1.87. The molecule has 1 saturated heterocycles. The van der Waals surface area contributed by atoms with Gasteiger partial charge in [0.2, 0.25) is 10.0 Å². The fourth-order valence-electron chi connectivity index (χ4n) is 2.11. The van der Waals surface area contributed by atoms with Gasteiger partial charge in [-0.05, 0) is 48.0 Å². The molecule has 1 aromatic carbocycles. The van der Waals surface area contributed by atoms with E-state index in [2.05, 4.69) is 4.72 Å². The lowest BCUT2D eigenvalue weighted by Crippen LogP contribution is -2.31. The maximum atomic E-state index is 13.7. The number of rotatable bonds is 5. The molecular weight excluding hydrogens is 301 g/mol. The van der Waals surface area contributed by atoms with E-state index in [9.17, 15) is 12.8 Å². The fourth-order valence-corrected chi connectivity index (χ4v) is 4.55. The highest BCUT2D eigenvalue weighted by molar-refractivity contribution is 7.99. The summed E-state index contributed by atoms with van der Waals surface area (Å²) in [5.74, 6) is 1.60. The third-order valence-electron chi connectivity index (χ3n) is 3.37. The molecule has 0 aliphatic carbocycles. The zero-order valence-electron chi connectivity index (χ0n) is 11.0. The topological polar surface area (TPSA) is 66.4 Å². The van der Waals surface area contributed by atoms with E-state index in [-0.39, 0.29) is 6.61 Å². The Labute approximate surface area is 122 Å². The van der Waals surface area contributed by atoms with Crippen molar-refractivity contribution in [2.45, 2.75) is 24.3 Å². The molecule has 2 rings (SSSR count). The van der Waals surface area contributed by atoms with Gasteiger partial charge in [-0.3, -0.25) is 0 Å². The van der Waals surface area contributed by atoms with Crippen LogP contribution in [0.2, 0.25) is 0 Å². The Kier molecular flexibility index (Phi) is 5.42. The van der Waals surface area contributed by atoms with Gasteiger partial charge in [-0.2, -0.15) is 11.8 Å². The fraction of sp³-hybridized carbons (Fsp3) is 0.538. The lowest BCUT2D eigenvalue weighted by molar-refractivity contribution is 0.281. The summed E-state index contributed by atoms with van der Waals surface area (Å²) in [6.07, 6.45) is 1.96. The Morgan fingerprint density at radius 3 is 2.70 bits per heavy atom. The molecular formula is C13H18FNO3S2. The van der Waals surface area contributed by atoms with Crippen LogP contribution in [0.25, 0.3) is 0 Å². The number of hydrogen-bond donors (Lipinski definition) is 2. The van der Waals surface area contributed by atoms with Gasteiger partial charge in [0.05, 0.1) is 6.61 Å². The van der Waals surface area contributed by atoms with E-state index in [1.54, 1.807) is 0 Å². The van der Waals surface area contributed by atoms with E-state index in [0.717, 1.165) is 30.4 Å². The van der Waals surface area contributed by atoms with Crippen LogP contribution in [0.4, 0.5) is 4.39 Å². The SMILES string of the molecule is O=S(=O)(NCC1CCSCC1)c1cc(CO)ccc1F. The number of thioether (sulfide) groups is 1. The van der Waals surface area contributed by atoms with Crippen LogP contribution in [0.1, 0.15) is 18.4 Å². The van der Waals surface area contributed by atoms with E-state index in [4.69, 9.17) is 5.11 Å². The highest BCUT2D eigenvalue weighted by Crippen LogP contribution is 2.23. The molecule has 0 aromatic heterocycles. The summed E-state index contributed by atoms with van der Waals surface area (Å²) in [5, 5.41) is 9.01. The highest BCUT2D eigenvalue weighted by atomic mass is 32.2. The van der Waals surface area contributed by atoms with Crippen LogP contribution >= 0.6 is 11.8 Å². The van der Waals surface area contributed by atoms with Gasteiger partial charge in [0, 0.05) is 6.54 Å². The molecule has 2 N–H and O–H groups in total. The van der Waals surface area contributed by atoms with Crippen LogP contribution in [0.3, 0.4) is 0 Å². The van der Waals surface area contributed by atoms with Crippen LogP contribution in [-0.2, 0) is 16.6 Å². The van der Waals surface area contributed by atoms with Crippen LogP contribution in [0.15, 0.2) is 23.1 Å². The molecule has 1 heterocycles. The number of aliphatic hydroxyl groups is 1. The first-order chi connectivity index (χ1) is 9.53. The minimum absolute atomic E-state index is 0.315. The number of hydrogen-bond acceptors (Lipinski definition) is 4. The smallest absolute Gasteiger partial charge is 0.243 e. The largest absolute Gasteiger partial charge is 0.392 e. The van der Waals surface area contributed by atoms with E-state index in [1.807, 2.05) is 11.8 Å². The first-order valence-corrected chi connectivity index (χ1v) is 9.13. The molecule has 1 aliphatic heterocycles. The molecule has 1 aromatic rings. The van der Waals surface area contributed by atoms with Crippen molar-refractivity contribution in [2.24, 2.45) is 5.92 Å². The second-order valence-corrected chi connectivity index (χ2v) is 7.79. The minimum atomic E-state index is -3.87. The Hall–Kier alpha value is -0.630. The van der Waals surface area contributed by atoms with Crippen LogP contribution in [0.5, 0.6) is 0 Å². The quantitative estimate of drug-likeness (QED) is 0.867. The van der Waals surface area contributed by atoms with Crippen LogP contribution in [-0.4, -0.2) is 31.6 Å². The van der Waals surface area contributed by atoms with Crippen molar-refractivity contribution in [3.63, 3.8) is 0 Å². The van der Waals surface area contributed by atoms with Gasteiger partial charge in [-0.15, -0.1) is 0 Å². The van der Waals surface area contributed by atoms with Crippen molar-refractivity contribution >= 4 is 21.8 Å². The van der Waals surface area contributed by atoms with Crippen molar-refractivity contribution in [3.05, 3.63) is 29.6 Å². The minimum Gasteiger partial charge on any atom is -0.392 e. The summed E-state index contributed by atoms with van der Waals surface area (Å²) in [5.41, 5.74) is 0.376. The van der Waals surface area contributed by atoms with Gasteiger partial charge in [0.15, 0.2) is 0 Å². The van der Waals surface area contributed by atoms with E-state index < -0.39 is 20.7 Å². The monoisotopic (exact) mass is 319 g/mol. The number of benzene rings is 1. The van der Waals surface area contributed by atoms with Crippen molar-refractivity contribution in [3.8, 4) is 0 Å². The van der Waals surface area contributed by atoms with Crippen molar-refractivity contribution < 1.29 is 17.9 Å². The molecule has 1 fully saturated rings. The third-order valence-corrected chi connectivity index (χ3v) is 5.86. The predicted octanol–water partition coefficient (Wildman–Crippen LogP) is 1.74. The zero-order chi connectivity index (χ0) is 14.6. The molecule has 0 unspecified atom stereocenters. The normalized spacial score (nSPS) is 17.3. The van der Waals surface area contributed by atoms with Crippen molar-refractivity contribution in [1.29, 1.82) is 0 Å². The van der Waals surface area contributed by atoms with Gasteiger partial charge in [0.1, 0.15) is 10.7 Å². The molecule has 0 amide bonds. The second-order valence-electron chi connectivity index (χ2n) is 4.83. The third kappa shape index (κ3) is 3.94. The molecule has 1 aliphatic rings. The summed E-state index contributed by atoms with van der Waals surface area (Å²) in [7, 11) is -3.87. The first-order valence-electron chi connectivity index (χ1n) is 6.49. The Bertz CT molecular complexity index is 557. The van der Waals surface area contributed by atoms with Gasteiger partial charge < -0.3 is 5.11 Å². The van der Waals surface area contributed by atoms with Crippen molar-refractivity contribution in [2.75, 3.05) is 18.1 Å². The first kappa shape index (κ1) is 15.8. The molecule has 0 radical (unpaired) electrons. The van der Waals surface area contributed by atoms with Gasteiger partial charge in [-0.1, -0.05) is 6.07 Å². The lowest BCUT2D eigenvalue weighted by Gasteiger charge is -2.21. The predicted molar refractivity (Wildman–Crippen MR) is 77.6 cm³/mol. The summed E-state index contributed by atoms with van der Waals surface area (Å²) < 4.78 is 40.4. The average molecular weight is 319 g/mol. The number of sulfonamides is 1. The molecule has 4 nitrogen and oxygen atoms in total. The summed E-state index contributed by atoms with van der Waals surface area (Å²) in [6, 6.07) is 3.61. The summed E-state index contributed by atoms with van der Waals surface area (Å²) in [4.78, 5) is -0.394. The molecule has 0 saturated carbocycles. The van der Waals surface area contributed by atoms with E-state index in [1.165, 1.54) is 12.1 Å². The van der Waals surface area contributed by atoms with E-state index >= 15 is 0 Å². The second kappa shape index (κ2) is 6.89. The van der Waals surface area contributed by atoms with Gasteiger partial charge in [-0.25, -0.2) is 17.5 Å². The summed E-state index contributed by atoms with van der Waals surface area (Å²) in [6.45, 7) is 0.0222. The van der Waals surface area contributed by atoms with E-state index in [0.29, 0.717) is 18.0 Å². The number of nitrogens with one attached hydrogen (secondary N) is 1. The van der Waals surface area contributed by atoms with Crippen molar-refractivity contribution in [1.82, 2.24) is 4.72 Å². The van der Waals surface area contributed by atoms with Gasteiger partial charge in [0.25, 0.3) is 0 Å². The molecule has 0 atom stereocenters. The highest BCUT2D eigenvalue weighted by Gasteiger charge is 2.22. The van der Waals surface area contributed by atoms with Gasteiger partial charge >= 0.3 is 0 Å². The Morgan fingerprint density at radius 2 is 2.05 bits per heavy atom. The number of halogens is 1. The lowest BCUT2D eigenvalue weighted by atomic mass is 10.0. The molecule has 0 spiro atoms. The molecule has 20 heavy (non-hydrogen) atoms. The maximum Gasteiger partial charge on any atom is 0.243 e. The van der Waals surface area contributed by atoms with Crippen LogP contribution in [0, 0.1) is 11.7 Å². The number of aliphatic hydroxyl groups excluding tert-OH is 1. The molecule has 0 bridgehead atoms. The maximum absolute atomic E-state index is 13.7. The van der Waals surface area contributed by atoms with Crippen LogP contribution < -0.4 is 4.72 Å².